The van der Waals surface area contributed by atoms with E-state index in [1.807, 2.05) is 0 Å². The maximum Gasteiger partial charge on any atom is 0.221 e. The van der Waals surface area contributed by atoms with Gasteiger partial charge in [0, 0.05) is 5.02 Å². The molecule has 0 radical (unpaired) electrons. The molecule has 0 unspecified atom stereocenters. The molecule has 70 valence electrons. The number of nitrogens with two attached hydrogens (primary N) is 1. The summed E-state index contributed by atoms with van der Waals surface area (Å²) in [7, 11) is 1.55. The lowest BCUT2D eigenvalue weighted by Crippen LogP contribution is -2.13. The van der Waals surface area contributed by atoms with Crippen molar-refractivity contribution in [1.29, 1.82) is 0 Å². The summed E-state index contributed by atoms with van der Waals surface area (Å²) in [5.41, 5.74) is 5.73. The summed E-state index contributed by atoms with van der Waals surface area (Å²) >= 11 is 5.83. The summed E-state index contributed by atoms with van der Waals surface area (Å²) < 4.78 is 4.98. The van der Waals surface area contributed by atoms with E-state index in [-0.39, 0.29) is 6.42 Å². The molecule has 0 saturated carbocycles. The van der Waals surface area contributed by atoms with E-state index >= 15 is 0 Å². The fourth-order valence-electron chi connectivity index (χ4n) is 1.00. The van der Waals surface area contributed by atoms with Crippen LogP contribution in [0, 0.1) is 0 Å². The van der Waals surface area contributed by atoms with Gasteiger partial charge in [0.2, 0.25) is 5.91 Å². The summed E-state index contributed by atoms with van der Waals surface area (Å²) in [6, 6.07) is 5.11. The molecule has 1 aromatic rings. The summed E-state index contributed by atoms with van der Waals surface area (Å²) in [5, 5.41) is 0.527. The van der Waals surface area contributed by atoms with Crippen molar-refractivity contribution >= 4 is 17.5 Å². The molecule has 0 aliphatic rings. The summed E-state index contributed by atoms with van der Waals surface area (Å²) in [6.45, 7) is 0. The summed E-state index contributed by atoms with van der Waals surface area (Å²) in [5.74, 6) is 0.260. The van der Waals surface area contributed by atoms with Gasteiger partial charge in [-0.2, -0.15) is 0 Å². The fourth-order valence-corrected chi connectivity index (χ4v) is 1.19. The first-order chi connectivity index (χ1) is 6.13. The van der Waals surface area contributed by atoms with Gasteiger partial charge in [0.15, 0.2) is 0 Å². The molecule has 0 aromatic heterocycles. The lowest BCUT2D eigenvalue weighted by Gasteiger charge is -2.04. The number of rotatable bonds is 3. The van der Waals surface area contributed by atoms with Crippen molar-refractivity contribution in [2.45, 2.75) is 6.42 Å². The van der Waals surface area contributed by atoms with Crippen LogP contribution in [-0.2, 0) is 11.2 Å². The lowest BCUT2D eigenvalue weighted by molar-refractivity contribution is -0.117. The maximum atomic E-state index is 10.6. The molecular weight excluding hydrogens is 190 g/mol. The van der Waals surface area contributed by atoms with Crippen molar-refractivity contribution < 1.29 is 9.53 Å². The van der Waals surface area contributed by atoms with Crippen LogP contribution in [0.5, 0.6) is 5.75 Å². The van der Waals surface area contributed by atoms with Crippen molar-refractivity contribution in [3.05, 3.63) is 28.8 Å². The molecule has 1 amide bonds. The highest BCUT2D eigenvalue weighted by Gasteiger charge is 2.05. The molecule has 3 nitrogen and oxygen atoms in total. The van der Waals surface area contributed by atoms with Crippen molar-refractivity contribution in [2.24, 2.45) is 5.73 Å². The minimum Gasteiger partial charge on any atom is -0.497 e. The third-order valence-electron chi connectivity index (χ3n) is 1.62. The van der Waals surface area contributed by atoms with E-state index in [4.69, 9.17) is 22.1 Å². The van der Waals surface area contributed by atoms with Crippen LogP contribution in [0.2, 0.25) is 5.02 Å². The van der Waals surface area contributed by atoms with E-state index in [9.17, 15) is 4.79 Å². The van der Waals surface area contributed by atoms with Gasteiger partial charge in [-0.05, 0) is 23.8 Å². The van der Waals surface area contributed by atoms with Gasteiger partial charge in [0.25, 0.3) is 0 Å². The summed E-state index contributed by atoms with van der Waals surface area (Å²) in [6.07, 6.45) is 0.135. The Bertz CT molecular complexity index is 325. The molecule has 1 rings (SSSR count). The molecular formula is C9H10ClNO2. The second kappa shape index (κ2) is 4.14. The van der Waals surface area contributed by atoms with Crippen LogP contribution in [0.15, 0.2) is 18.2 Å². The smallest absolute Gasteiger partial charge is 0.221 e. The molecule has 0 bridgehead atoms. The molecule has 4 heteroatoms. The Kier molecular flexibility index (Phi) is 3.14. The fraction of sp³-hybridized carbons (Fsp3) is 0.222. The van der Waals surface area contributed by atoms with Crippen LogP contribution in [0.1, 0.15) is 5.56 Å². The average molecular weight is 200 g/mol. The zero-order chi connectivity index (χ0) is 9.84. The minimum atomic E-state index is -0.407. The first-order valence-electron chi connectivity index (χ1n) is 3.74. The van der Waals surface area contributed by atoms with Crippen LogP contribution in [-0.4, -0.2) is 13.0 Å². The van der Waals surface area contributed by atoms with Gasteiger partial charge < -0.3 is 10.5 Å². The van der Waals surface area contributed by atoms with Crippen LogP contribution in [0.4, 0.5) is 0 Å². The van der Waals surface area contributed by atoms with Crippen molar-refractivity contribution in [3.63, 3.8) is 0 Å². The van der Waals surface area contributed by atoms with E-state index in [1.165, 1.54) is 0 Å². The number of methoxy groups -OCH3 is 1. The largest absolute Gasteiger partial charge is 0.497 e. The van der Waals surface area contributed by atoms with Gasteiger partial charge in [0.1, 0.15) is 5.75 Å². The molecule has 2 N–H and O–H groups in total. The Morgan fingerprint density at radius 2 is 2.31 bits per heavy atom. The van der Waals surface area contributed by atoms with E-state index < -0.39 is 5.91 Å². The number of halogens is 1. The first kappa shape index (κ1) is 9.86. The first-order valence-corrected chi connectivity index (χ1v) is 4.12. The third-order valence-corrected chi connectivity index (χ3v) is 1.99. The molecule has 0 atom stereocenters. The highest BCUT2D eigenvalue weighted by molar-refractivity contribution is 6.31. The second-order valence-corrected chi connectivity index (χ2v) is 3.01. The number of ether oxygens (including phenoxy) is 1. The summed E-state index contributed by atoms with van der Waals surface area (Å²) in [4.78, 5) is 10.6. The van der Waals surface area contributed by atoms with Gasteiger partial charge >= 0.3 is 0 Å². The van der Waals surface area contributed by atoms with Gasteiger partial charge in [-0.3, -0.25) is 4.79 Å². The molecule has 0 aliphatic carbocycles. The lowest BCUT2D eigenvalue weighted by atomic mass is 10.1. The molecule has 0 saturated heterocycles. The van der Waals surface area contributed by atoms with Gasteiger partial charge in [-0.15, -0.1) is 0 Å². The monoisotopic (exact) mass is 199 g/mol. The Morgan fingerprint density at radius 1 is 1.62 bits per heavy atom. The van der Waals surface area contributed by atoms with Gasteiger partial charge in [-0.1, -0.05) is 11.6 Å². The molecule has 0 aliphatic heterocycles. The van der Waals surface area contributed by atoms with Crippen LogP contribution in [0.25, 0.3) is 0 Å². The molecule has 0 heterocycles. The quantitative estimate of drug-likeness (QED) is 0.800. The van der Waals surface area contributed by atoms with Gasteiger partial charge in [-0.25, -0.2) is 0 Å². The Balaban J connectivity index is 2.96. The predicted octanol–water partition coefficient (Wildman–Crippen LogP) is 1.38. The molecule has 1 aromatic carbocycles. The normalized spacial score (nSPS) is 9.69. The highest BCUT2D eigenvalue weighted by Crippen LogP contribution is 2.21. The molecule has 13 heavy (non-hydrogen) atoms. The third kappa shape index (κ3) is 2.63. The SMILES string of the molecule is COc1ccc(Cl)c(CC(N)=O)c1. The van der Waals surface area contributed by atoms with Crippen molar-refractivity contribution in [1.82, 2.24) is 0 Å². The topological polar surface area (TPSA) is 52.3 Å². The number of benzene rings is 1. The zero-order valence-electron chi connectivity index (χ0n) is 7.21. The van der Waals surface area contributed by atoms with E-state index in [2.05, 4.69) is 0 Å². The van der Waals surface area contributed by atoms with E-state index in [1.54, 1.807) is 25.3 Å². The Labute approximate surface area is 81.4 Å². The minimum absolute atomic E-state index is 0.135. The number of carbonyl (C=O) groups is 1. The standard InChI is InChI=1S/C9H10ClNO2/c1-13-7-2-3-8(10)6(4-7)5-9(11)12/h2-4H,5H2,1H3,(H2,11,12). The van der Waals surface area contributed by atoms with E-state index in [0.29, 0.717) is 16.3 Å². The highest BCUT2D eigenvalue weighted by atomic mass is 35.5. The van der Waals surface area contributed by atoms with Crippen molar-refractivity contribution in [2.75, 3.05) is 7.11 Å². The van der Waals surface area contributed by atoms with E-state index in [0.717, 1.165) is 0 Å². The van der Waals surface area contributed by atoms with Crippen molar-refractivity contribution in [3.8, 4) is 5.75 Å². The van der Waals surface area contributed by atoms with Crippen LogP contribution in [0.3, 0.4) is 0 Å². The van der Waals surface area contributed by atoms with Crippen LogP contribution < -0.4 is 10.5 Å². The predicted molar refractivity (Wildman–Crippen MR) is 50.9 cm³/mol. The Hall–Kier alpha value is -1.22. The second-order valence-electron chi connectivity index (χ2n) is 2.60. The molecule has 0 spiro atoms. The molecule has 0 fully saturated rings. The van der Waals surface area contributed by atoms with Crippen LogP contribution >= 0.6 is 11.6 Å². The number of hydrogen-bond acceptors (Lipinski definition) is 2. The Morgan fingerprint density at radius 3 is 2.85 bits per heavy atom. The zero-order valence-corrected chi connectivity index (χ0v) is 7.97. The number of primary amides is 1. The number of amides is 1. The number of hydrogen-bond donors (Lipinski definition) is 1. The number of carbonyl (C=O) groups excluding carboxylic acids is 1. The van der Waals surface area contributed by atoms with Gasteiger partial charge in [0.05, 0.1) is 13.5 Å². The average Bonchev–Trinajstić information content (AvgIpc) is 2.08. The maximum absolute atomic E-state index is 10.6.